The molecule has 5 heteroatoms. The van der Waals surface area contributed by atoms with Crippen molar-refractivity contribution in [1.82, 2.24) is 5.43 Å². The van der Waals surface area contributed by atoms with Crippen molar-refractivity contribution < 1.29 is 14.3 Å². The Bertz CT molecular complexity index is 782. The minimum Gasteiger partial charge on any atom is -0.497 e. The SMILES string of the molecule is COc1ccc(C(=O)N/N=C(/C)c2ccc(C)c(C)c2)c(OC)c1. The van der Waals surface area contributed by atoms with Crippen molar-refractivity contribution in [2.24, 2.45) is 5.10 Å². The monoisotopic (exact) mass is 326 g/mol. The Morgan fingerprint density at radius 2 is 1.75 bits per heavy atom. The summed E-state index contributed by atoms with van der Waals surface area (Å²) in [6.45, 7) is 5.96. The lowest BCUT2D eigenvalue weighted by Crippen LogP contribution is -2.20. The van der Waals surface area contributed by atoms with Gasteiger partial charge in [-0.1, -0.05) is 12.1 Å². The molecule has 0 fully saturated rings. The number of nitrogens with zero attached hydrogens (tertiary/aromatic N) is 1. The molecular weight excluding hydrogens is 304 g/mol. The number of ether oxygens (including phenoxy) is 2. The van der Waals surface area contributed by atoms with Crippen LogP contribution in [0.1, 0.15) is 34.0 Å². The van der Waals surface area contributed by atoms with Crippen molar-refractivity contribution in [1.29, 1.82) is 0 Å². The van der Waals surface area contributed by atoms with Crippen molar-refractivity contribution in [2.75, 3.05) is 14.2 Å². The van der Waals surface area contributed by atoms with Gasteiger partial charge in [-0.05, 0) is 55.7 Å². The van der Waals surface area contributed by atoms with Crippen LogP contribution in [0, 0.1) is 13.8 Å². The molecule has 5 nitrogen and oxygen atoms in total. The zero-order valence-corrected chi connectivity index (χ0v) is 14.6. The van der Waals surface area contributed by atoms with Crippen LogP contribution in [0.2, 0.25) is 0 Å². The van der Waals surface area contributed by atoms with E-state index in [4.69, 9.17) is 9.47 Å². The van der Waals surface area contributed by atoms with E-state index in [0.29, 0.717) is 17.1 Å². The number of methoxy groups -OCH3 is 2. The zero-order chi connectivity index (χ0) is 17.7. The summed E-state index contributed by atoms with van der Waals surface area (Å²) >= 11 is 0. The number of hydrazone groups is 1. The number of hydrogen-bond donors (Lipinski definition) is 1. The largest absolute Gasteiger partial charge is 0.497 e. The van der Waals surface area contributed by atoms with Crippen LogP contribution in [0.25, 0.3) is 0 Å². The van der Waals surface area contributed by atoms with Crippen LogP contribution in [0.3, 0.4) is 0 Å². The molecule has 1 amide bonds. The summed E-state index contributed by atoms with van der Waals surface area (Å²) in [5.74, 6) is 0.724. The summed E-state index contributed by atoms with van der Waals surface area (Å²) in [7, 11) is 3.07. The van der Waals surface area contributed by atoms with E-state index in [0.717, 1.165) is 11.3 Å². The zero-order valence-electron chi connectivity index (χ0n) is 14.6. The summed E-state index contributed by atoms with van der Waals surface area (Å²) in [5, 5.41) is 4.19. The molecule has 0 aliphatic rings. The Hall–Kier alpha value is -2.82. The van der Waals surface area contributed by atoms with Gasteiger partial charge in [-0.25, -0.2) is 5.43 Å². The van der Waals surface area contributed by atoms with Crippen LogP contribution in [0.15, 0.2) is 41.5 Å². The van der Waals surface area contributed by atoms with Crippen LogP contribution in [-0.2, 0) is 0 Å². The van der Waals surface area contributed by atoms with Gasteiger partial charge in [0.2, 0.25) is 0 Å². The third kappa shape index (κ3) is 3.93. The fraction of sp³-hybridized carbons (Fsp3) is 0.263. The molecule has 0 unspecified atom stereocenters. The van der Waals surface area contributed by atoms with Crippen LogP contribution >= 0.6 is 0 Å². The number of carbonyl (C=O) groups is 1. The van der Waals surface area contributed by atoms with Crippen LogP contribution in [0.5, 0.6) is 11.5 Å². The molecule has 0 atom stereocenters. The maximum atomic E-state index is 12.3. The molecule has 2 aromatic carbocycles. The fourth-order valence-electron chi connectivity index (χ4n) is 2.21. The van der Waals surface area contributed by atoms with Crippen molar-refractivity contribution in [2.45, 2.75) is 20.8 Å². The maximum Gasteiger partial charge on any atom is 0.275 e. The van der Waals surface area contributed by atoms with Gasteiger partial charge in [0, 0.05) is 6.07 Å². The van der Waals surface area contributed by atoms with Gasteiger partial charge in [0.1, 0.15) is 11.5 Å². The first-order valence-electron chi connectivity index (χ1n) is 7.60. The molecule has 0 saturated carbocycles. The third-order valence-corrected chi connectivity index (χ3v) is 3.90. The minimum absolute atomic E-state index is 0.335. The van der Waals surface area contributed by atoms with Gasteiger partial charge < -0.3 is 9.47 Å². The van der Waals surface area contributed by atoms with E-state index in [2.05, 4.69) is 17.5 Å². The number of amides is 1. The normalized spacial score (nSPS) is 11.1. The van der Waals surface area contributed by atoms with E-state index >= 15 is 0 Å². The molecule has 0 aliphatic heterocycles. The second-order valence-corrected chi connectivity index (χ2v) is 5.50. The Morgan fingerprint density at radius 1 is 1.00 bits per heavy atom. The molecule has 0 spiro atoms. The molecule has 0 radical (unpaired) electrons. The second-order valence-electron chi connectivity index (χ2n) is 5.50. The quantitative estimate of drug-likeness (QED) is 0.676. The van der Waals surface area contributed by atoms with E-state index in [9.17, 15) is 4.79 Å². The predicted octanol–water partition coefficient (Wildman–Crippen LogP) is 3.47. The van der Waals surface area contributed by atoms with Gasteiger partial charge in [0.15, 0.2) is 0 Å². The van der Waals surface area contributed by atoms with E-state index in [1.165, 1.54) is 18.2 Å². The first kappa shape index (κ1) is 17.5. The number of nitrogens with one attached hydrogen (secondary N) is 1. The molecule has 2 aromatic rings. The van der Waals surface area contributed by atoms with Crippen LogP contribution in [0.4, 0.5) is 0 Å². The summed E-state index contributed by atoms with van der Waals surface area (Å²) in [4.78, 5) is 12.3. The maximum absolute atomic E-state index is 12.3. The molecule has 0 saturated heterocycles. The highest BCUT2D eigenvalue weighted by Gasteiger charge is 2.13. The average molecular weight is 326 g/mol. The van der Waals surface area contributed by atoms with Crippen molar-refractivity contribution in [3.63, 3.8) is 0 Å². The Balaban J connectivity index is 2.18. The number of hydrogen-bond acceptors (Lipinski definition) is 4. The number of carbonyl (C=O) groups excluding carboxylic acids is 1. The molecule has 0 bridgehead atoms. The predicted molar refractivity (Wildman–Crippen MR) is 95.1 cm³/mol. The van der Waals surface area contributed by atoms with E-state index in [1.54, 1.807) is 25.3 Å². The summed E-state index contributed by atoms with van der Waals surface area (Å²) in [5.41, 5.74) is 7.08. The molecule has 126 valence electrons. The van der Waals surface area contributed by atoms with Gasteiger partial charge in [-0.15, -0.1) is 0 Å². The van der Waals surface area contributed by atoms with E-state index in [-0.39, 0.29) is 5.91 Å². The van der Waals surface area contributed by atoms with Gasteiger partial charge >= 0.3 is 0 Å². The van der Waals surface area contributed by atoms with Crippen molar-refractivity contribution >= 4 is 11.6 Å². The van der Waals surface area contributed by atoms with Gasteiger partial charge in [-0.3, -0.25) is 4.79 Å². The summed E-state index contributed by atoms with van der Waals surface area (Å²) < 4.78 is 10.4. The standard InChI is InChI=1S/C19H22N2O3/c1-12-6-7-15(10-13(12)2)14(3)20-21-19(22)17-9-8-16(23-4)11-18(17)24-5/h6-11H,1-5H3,(H,21,22)/b20-14-. The Kier molecular flexibility index (Phi) is 5.58. The number of benzene rings is 2. The van der Waals surface area contributed by atoms with Gasteiger partial charge in [-0.2, -0.15) is 5.10 Å². The average Bonchev–Trinajstić information content (AvgIpc) is 2.60. The van der Waals surface area contributed by atoms with Crippen LogP contribution < -0.4 is 14.9 Å². The highest BCUT2D eigenvalue weighted by molar-refractivity contribution is 6.01. The topological polar surface area (TPSA) is 59.9 Å². The van der Waals surface area contributed by atoms with E-state index < -0.39 is 0 Å². The summed E-state index contributed by atoms with van der Waals surface area (Å²) in [6, 6.07) is 11.1. The fourth-order valence-corrected chi connectivity index (χ4v) is 2.21. The van der Waals surface area contributed by atoms with Gasteiger partial charge in [0.05, 0.1) is 25.5 Å². The molecule has 2 rings (SSSR count). The van der Waals surface area contributed by atoms with Crippen molar-refractivity contribution in [3.05, 3.63) is 58.7 Å². The molecule has 24 heavy (non-hydrogen) atoms. The van der Waals surface area contributed by atoms with E-state index in [1.807, 2.05) is 32.0 Å². The first-order valence-corrected chi connectivity index (χ1v) is 7.60. The Morgan fingerprint density at radius 3 is 2.38 bits per heavy atom. The molecule has 1 N–H and O–H groups in total. The Labute approximate surface area is 142 Å². The third-order valence-electron chi connectivity index (χ3n) is 3.90. The molecule has 0 heterocycles. The number of rotatable bonds is 5. The lowest BCUT2D eigenvalue weighted by atomic mass is 10.0. The van der Waals surface area contributed by atoms with Crippen molar-refractivity contribution in [3.8, 4) is 11.5 Å². The number of aryl methyl sites for hydroxylation is 2. The molecule has 0 aromatic heterocycles. The highest BCUT2D eigenvalue weighted by Crippen LogP contribution is 2.24. The minimum atomic E-state index is -0.335. The lowest BCUT2D eigenvalue weighted by molar-refractivity contribution is 0.0951. The second kappa shape index (κ2) is 7.64. The molecule has 0 aliphatic carbocycles. The highest BCUT2D eigenvalue weighted by atomic mass is 16.5. The summed E-state index contributed by atoms with van der Waals surface area (Å²) in [6.07, 6.45) is 0. The molecular formula is C19H22N2O3. The smallest absolute Gasteiger partial charge is 0.275 e. The van der Waals surface area contributed by atoms with Crippen LogP contribution in [-0.4, -0.2) is 25.8 Å². The lowest BCUT2D eigenvalue weighted by Gasteiger charge is -2.10. The first-order chi connectivity index (χ1) is 11.5. The van der Waals surface area contributed by atoms with Gasteiger partial charge in [0.25, 0.3) is 5.91 Å².